The predicted molar refractivity (Wildman–Crippen MR) is 114 cm³/mol. The molecule has 0 radical (unpaired) electrons. The van der Waals surface area contributed by atoms with Crippen LogP contribution in [0.5, 0.6) is 11.5 Å². The van der Waals surface area contributed by atoms with E-state index in [0.717, 1.165) is 21.8 Å². The number of imide groups is 1. The van der Waals surface area contributed by atoms with Crippen molar-refractivity contribution in [1.29, 1.82) is 0 Å². The number of amides is 2. The Kier molecular flexibility index (Phi) is 4.44. The third kappa shape index (κ3) is 2.85. The Morgan fingerprint density at radius 1 is 1.00 bits per heavy atom. The standard InChI is InChI=1S/C21H16N2O5S2/c1-28-13-8-4-11(5-9-13)23-19(25)15-14(10-2-6-12(24)7-3-10)16-18(22-21(27)30-16)29-17(15)20(23)26/h2-9,14-15,17,24H,1H3,(H,22,27). The second-order valence-corrected chi connectivity index (χ2v) is 9.22. The van der Waals surface area contributed by atoms with E-state index in [9.17, 15) is 19.5 Å². The summed E-state index contributed by atoms with van der Waals surface area (Å²) in [5, 5.41) is 9.66. The quantitative estimate of drug-likeness (QED) is 0.608. The lowest BCUT2D eigenvalue weighted by atomic mass is 9.83. The van der Waals surface area contributed by atoms with Crippen molar-refractivity contribution in [3.8, 4) is 11.5 Å². The number of aromatic nitrogens is 1. The number of aromatic amines is 1. The van der Waals surface area contributed by atoms with Crippen molar-refractivity contribution in [2.75, 3.05) is 12.0 Å². The van der Waals surface area contributed by atoms with Gasteiger partial charge in [0.15, 0.2) is 0 Å². The zero-order chi connectivity index (χ0) is 21.0. The van der Waals surface area contributed by atoms with Crippen LogP contribution in [0, 0.1) is 5.92 Å². The Bertz CT molecular complexity index is 1200. The van der Waals surface area contributed by atoms with E-state index in [4.69, 9.17) is 4.74 Å². The number of nitrogens with one attached hydrogen (secondary N) is 1. The van der Waals surface area contributed by atoms with Crippen molar-refractivity contribution in [3.05, 3.63) is 68.6 Å². The van der Waals surface area contributed by atoms with E-state index in [2.05, 4.69) is 4.98 Å². The summed E-state index contributed by atoms with van der Waals surface area (Å²) in [6, 6.07) is 13.3. The molecule has 2 aliphatic heterocycles. The van der Waals surface area contributed by atoms with Gasteiger partial charge in [0.1, 0.15) is 16.7 Å². The molecule has 5 rings (SSSR count). The van der Waals surface area contributed by atoms with E-state index in [1.807, 2.05) is 0 Å². The number of hydrogen-bond donors (Lipinski definition) is 2. The van der Waals surface area contributed by atoms with Gasteiger partial charge in [0, 0.05) is 10.8 Å². The maximum Gasteiger partial charge on any atom is 0.305 e. The van der Waals surface area contributed by atoms with E-state index in [1.54, 1.807) is 55.6 Å². The maximum atomic E-state index is 13.5. The van der Waals surface area contributed by atoms with E-state index in [1.165, 1.54) is 16.7 Å². The number of carbonyl (C=O) groups is 2. The molecule has 0 bridgehead atoms. The van der Waals surface area contributed by atoms with E-state index < -0.39 is 17.1 Å². The number of hydrogen-bond acceptors (Lipinski definition) is 7. The fraction of sp³-hybridized carbons (Fsp3) is 0.190. The van der Waals surface area contributed by atoms with Gasteiger partial charge in [-0.3, -0.25) is 14.4 Å². The van der Waals surface area contributed by atoms with Crippen molar-refractivity contribution in [2.24, 2.45) is 5.92 Å². The Balaban J connectivity index is 1.62. The van der Waals surface area contributed by atoms with Crippen LogP contribution < -0.4 is 14.5 Å². The van der Waals surface area contributed by atoms with Crippen molar-refractivity contribution in [3.63, 3.8) is 0 Å². The SMILES string of the molecule is COc1ccc(N2C(=O)C3Sc4[nH]c(=O)sc4C(c4ccc(O)cc4)C3C2=O)cc1. The molecule has 3 heterocycles. The summed E-state index contributed by atoms with van der Waals surface area (Å²) in [5.74, 6) is -0.958. The molecule has 0 spiro atoms. The molecule has 9 heteroatoms. The number of carbonyl (C=O) groups excluding carboxylic acids is 2. The normalized spacial score (nSPS) is 22.7. The molecule has 3 aromatic rings. The minimum Gasteiger partial charge on any atom is -0.508 e. The Hall–Kier alpha value is -3.04. The Labute approximate surface area is 179 Å². The topological polar surface area (TPSA) is 99.7 Å². The van der Waals surface area contributed by atoms with Crippen LogP contribution in [-0.2, 0) is 9.59 Å². The lowest BCUT2D eigenvalue weighted by molar-refractivity contribution is -0.122. The van der Waals surface area contributed by atoms with Crippen LogP contribution in [0.4, 0.5) is 5.69 Å². The number of thiazole rings is 1. The number of thioether (sulfide) groups is 1. The van der Waals surface area contributed by atoms with Gasteiger partial charge in [-0.2, -0.15) is 0 Å². The summed E-state index contributed by atoms with van der Waals surface area (Å²) in [6.45, 7) is 0. The van der Waals surface area contributed by atoms with Crippen molar-refractivity contribution in [1.82, 2.24) is 4.98 Å². The number of fused-ring (bicyclic) bond motifs is 2. The molecule has 7 nitrogen and oxygen atoms in total. The number of rotatable bonds is 3. The highest BCUT2D eigenvalue weighted by molar-refractivity contribution is 8.00. The molecule has 0 aliphatic carbocycles. The van der Waals surface area contributed by atoms with Gasteiger partial charge in [-0.25, -0.2) is 4.90 Å². The summed E-state index contributed by atoms with van der Waals surface area (Å²) in [5.41, 5.74) is 1.26. The van der Waals surface area contributed by atoms with Gasteiger partial charge in [0.2, 0.25) is 11.8 Å². The first-order chi connectivity index (χ1) is 14.5. The van der Waals surface area contributed by atoms with Crippen LogP contribution in [0.15, 0.2) is 58.4 Å². The van der Waals surface area contributed by atoms with Gasteiger partial charge < -0.3 is 14.8 Å². The number of phenolic OH excluding ortho intramolecular Hbond substituents is 1. The molecule has 2 aliphatic rings. The van der Waals surface area contributed by atoms with E-state index in [-0.39, 0.29) is 22.4 Å². The van der Waals surface area contributed by atoms with Gasteiger partial charge in [-0.15, -0.1) is 0 Å². The summed E-state index contributed by atoms with van der Waals surface area (Å²) in [7, 11) is 1.55. The minimum absolute atomic E-state index is 0.108. The van der Waals surface area contributed by atoms with Crippen LogP contribution >= 0.6 is 23.1 Å². The number of anilines is 1. The second kappa shape index (κ2) is 7.03. The molecule has 152 valence electrons. The number of benzene rings is 2. The van der Waals surface area contributed by atoms with Gasteiger partial charge in [0.25, 0.3) is 0 Å². The summed E-state index contributed by atoms with van der Waals surface area (Å²) >= 11 is 2.30. The number of nitrogens with zero attached hydrogens (tertiary/aromatic N) is 1. The molecule has 1 saturated heterocycles. The molecule has 1 aromatic heterocycles. The third-order valence-corrected chi connectivity index (χ3v) is 7.81. The molecule has 2 N–H and O–H groups in total. The molecular weight excluding hydrogens is 424 g/mol. The molecule has 0 saturated carbocycles. The Morgan fingerprint density at radius 2 is 1.70 bits per heavy atom. The average Bonchev–Trinajstić information content (AvgIpc) is 3.24. The number of ether oxygens (including phenoxy) is 1. The van der Waals surface area contributed by atoms with Crippen molar-refractivity contribution in [2.45, 2.75) is 16.2 Å². The van der Waals surface area contributed by atoms with Crippen LogP contribution in [0.1, 0.15) is 16.4 Å². The number of H-pyrrole nitrogens is 1. The lowest BCUT2D eigenvalue weighted by Crippen LogP contribution is -2.32. The van der Waals surface area contributed by atoms with Crippen molar-refractivity contribution >= 4 is 40.6 Å². The average molecular weight is 441 g/mol. The minimum atomic E-state index is -0.645. The van der Waals surface area contributed by atoms with Gasteiger partial charge in [-0.05, 0) is 42.0 Å². The summed E-state index contributed by atoms with van der Waals surface area (Å²) in [6.07, 6.45) is 0. The van der Waals surface area contributed by atoms with Gasteiger partial charge >= 0.3 is 4.87 Å². The molecule has 3 atom stereocenters. The van der Waals surface area contributed by atoms with Crippen LogP contribution in [0.2, 0.25) is 0 Å². The van der Waals surface area contributed by atoms with Crippen LogP contribution in [0.3, 0.4) is 0 Å². The predicted octanol–water partition coefficient (Wildman–Crippen LogP) is 2.95. The molecule has 2 aromatic carbocycles. The van der Waals surface area contributed by atoms with Gasteiger partial charge in [-0.1, -0.05) is 35.2 Å². The van der Waals surface area contributed by atoms with Crippen molar-refractivity contribution < 1.29 is 19.4 Å². The number of phenols is 1. The zero-order valence-electron chi connectivity index (χ0n) is 15.7. The molecule has 3 unspecified atom stereocenters. The lowest BCUT2D eigenvalue weighted by Gasteiger charge is -2.29. The van der Waals surface area contributed by atoms with E-state index in [0.29, 0.717) is 16.5 Å². The highest BCUT2D eigenvalue weighted by atomic mass is 32.2. The number of methoxy groups -OCH3 is 1. The first-order valence-corrected chi connectivity index (χ1v) is 10.9. The van der Waals surface area contributed by atoms with Crippen LogP contribution in [0.25, 0.3) is 0 Å². The fourth-order valence-electron chi connectivity index (χ4n) is 4.04. The smallest absolute Gasteiger partial charge is 0.305 e. The summed E-state index contributed by atoms with van der Waals surface area (Å²) < 4.78 is 5.16. The first-order valence-electron chi connectivity index (χ1n) is 9.18. The molecule has 30 heavy (non-hydrogen) atoms. The first kappa shape index (κ1) is 19.0. The molecule has 1 fully saturated rings. The highest BCUT2D eigenvalue weighted by Crippen LogP contribution is 2.53. The number of aromatic hydroxyl groups is 1. The van der Waals surface area contributed by atoms with Gasteiger partial charge in [0.05, 0.1) is 23.7 Å². The third-order valence-electron chi connectivity index (χ3n) is 5.41. The monoisotopic (exact) mass is 440 g/mol. The highest BCUT2D eigenvalue weighted by Gasteiger charge is 2.56. The molecular formula is C21H16N2O5S2. The summed E-state index contributed by atoms with van der Waals surface area (Å²) in [4.78, 5) is 43.4. The zero-order valence-corrected chi connectivity index (χ0v) is 17.3. The fourth-order valence-corrected chi connectivity index (χ4v) is 6.56. The largest absolute Gasteiger partial charge is 0.508 e. The van der Waals surface area contributed by atoms with E-state index >= 15 is 0 Å². The van der Waals surface area contributed by atoms with Crippen LogP contribution in [-0.4, -0.2) is 34.3 Å². The Morgan fingerprint density at radius 3 is 2.37 bits per heavy atom. The second-order valence-electron chi connectivity index (χ2n) is 7.05. The molecule has 2 amide bonds. The maximum absolute atomic E-state index is 13.5.